The van der Waals surface area contributed by atoms with E-state index >= 15 is 0 Å². The summed E-state index contributed by atoms with van der Waals surface area (Å²) in [5.74, 6) is -0.0213. The molecule has 0 saturated carbocycles. The summed E-state index contributed by atoms with van der Waals surface area (Å²) in [6, 6.07) is -0.161. The third-order valence-corrected chi connectivity index (χ3v) is 4.42. The molecule has 3 N–H and O–H groups in total. The lowest BCUT2D eigenvalue weighted by Gasteiger charge is -2.31. The van der Waals surface area contributed by atoms with E-state index in [2.05, 4.69) is 10.2 Å². The van der Waals surface area contributed by atoms with Gasteiger partial charge in [-0.3, -0.25) is 14.5 Å². The third kappa shape index (κ3) is 5.74. The zero-order valence-electron chi connectivity index (χ0n) is 13.4. The van der Waals surface area contributed by atoms with Gasteiger partial charge in [0.25, 0.3) is 0 Å². The monoisotopic (exact) mass is 332 g/mol. The molecule has 0 aromatic carbocycles. The van der Waals surface area contributed by atoms with Crippen LogP contribution in [0.25, 0.3) is 0 Å². The smallest absolute Gasteiger partial charge is 0.244 e. The highest BCUT2D eigenvalue weighted by Gasteiger charge is 2.24. The van der Waals surface area contributed by atoms with Gasteiger partial charge in [0.15, 0.2) is 0 Å². The number of amides is 2. The summed E-state index contributed by atoms with van der Waals surface area (Å²) in [5.41, 5.74) is 5.85. The second kappa shape index (κ2) is 9.33. The molecule has 1 atom stereocenters. The van der Waals surface area contributed by atoms with Crippen LogP contribution in [0.2, 0.25) is 0 Å². The first-order chi connectivity index (χ1) is 10.1. The molecule has 7 heteroatoms. The molecule has 0 aromatic rings. The van der Waals surface area contributed by atoms with Gasteiger partial charge in [0.2, 0.25) is 11.8 Å². The lowest BCUT2D eigenvalue weighted by atomic mass is 10.1. The minimum atomic E-state index is -0.428. The lowest BCUT2D eigenvalue weighted by Crippen LogP contribution is -2.51. The summed E-state index contributed by atoms with van der Waals surface area (Å²) in [4.78, 5) is 28.3. The van der Waals surface area contributed by atoms with E-state index in [4.69, 9.17) is 5.73 Å². The molecule has 2 fully saturated rings. The Labute approximate surface area is 139 Å². The van der Waals surface area contributed by atoms with Gasteiger partial charge in [-0.1, -0.05) is 0 Å². The fraction of sp³-hybridized carbons (Fsp3) is 0.867. The van der Waals surface area contributed by atoms with Gasteiger partial charge in [0, 0.05) is 32.2 Å². The van der Waals surface area contributed by atoms with E-state index in [1.807, 2.05) is 4.90 Å². The number of hydrogen-bond acceptors (Lipinski definition) is 4. The summed E-state index contributed by atoms with van der Waals surface area (Å²) >= 11 is 0. The second-order valence-corrected chi connectivity index (χ2v) is 6.29. The summed E-state index contributed by atoms with van der Waals surface area (Å²) < 4.78 is 0. The Balaban J connectivity index is 0.00000242. The van der Waals surface area contributed by atoms with Crippen LogP contribution in [-0.2, 0) is 9.59 Å². The van der Waals surface area contributed by atoms with Gasteiger partial charge < -0.3 is 16.0 Å². The first-order valence-corrected chi connectivity index (χ1v) is 8.12. The minimum Gasteiger partial charge on any atom is -0.343 e. The van der Waals surface area contributed by atoms with Crippen molar-refractivity contribution < 1.29 is 9.59 Å². The number of nitrogens with two attached hydrogens (primary N) is 1. The molecule has 0 aliphatic carbocycles. The number of hydrogen-bond donors (Lipinski definition) is 2. The number of likely N-dealkylation sites (tertiary alicyclic amines) is 2. The minimum absolute atomic E-state index is 0. The predicted octanol–water partition coefficient (Wildman–Crippen LogP) is 0.349. The van der Waals surface area contributed by atoms with E-state index in [1.165, 1.54) is 6.42 Å². The Kier molecular flexibility index (Phi) is 8.14. The van der Waals surface area contributed by atoms with Crippen LogP contribution in [0.15, 0.2) is 0 Å². The van der Waals surface area contributed by atoms with E-state index in [9.17, 15) is 9.59 Å². The fourth-order valence-electron chi connectivity index (χ4n) is 3.05. The molecular weight excluding hydrogens is 304 g/mol. The summed E-state index contributed by atoms with van der Waals surface area (Å²) in [5, 5.41) is 2.83. The zero-order valence-corrected chi connectivity index (χ0v) is 14.2. The maximum absolute atomic E-state index is 12.2. The Morgan fingerprint density at radius 1 is 1.14 bits per heavy atom. The molecule has 2 heterocycles. The zero-order chi connectivity index (χ0) is 15.2. The van der Waals surface area contributed by atoms with Gasteiger partial charge in [-0.25, -0.2) is 0 Å². The van der Waals surface area contributed by atoms with Gasteiger partial charge in [-0.05, 0) is 39.0 Å². The van der Waals surface area contributed by atoms with Crippen LogP contribution in [0.3, 0.4) is 0 Å². The number of piperidine rings is 2. The number of nitrogens with one attached hydrogen (secondary N) is 1. The molecule has 22 heavy (non-hydrogen) atoms. The summed E-state index contributed by atoms with van der Waals surface area (Å²) in [7, 11) is 0. The van der Waals surface area contributed by atoms with Crippen molar-refractivity contribution in [3.63, 3.8) is 0 Å². The van der Waals surface area contributed by atoms with Crippen molar-refractivity contribution in [1.29, 1.82) is 0 Å². The topological polar surface area (TPSA) is 78.7 Å². The van der Waals surface area contributed by atoms with Gasteiger partial charge in [-0.15, -0.1) is 12.4 Å². The van der Waals surface area contributed by atoms with Gasteiger partial charge in [-0.2, -0.15) is 0 Å². The SMILES string of the molecule is CC(NC(=O)CN1CCC(N)CC1)C(=O)N1CCCCC1.Cl. The molecule has 2 amide bonds. The van der Waals surface area contributed by atoms with Crippen molar-refractivity contribution in [3.05, 3.63) is 0 Å². The summed E-state index contributed by atoms with van der Waals surface area (Å²) in [6.45, 7) is 5.52. The largest absolute Gasteiger partial charge is 0.343 e. The molecule has 6 nitrogen and oxygen atoms in total. The predicted molar refractivity (Wildman–Crippen MR) is 88.9 cm³/mol. The highest BCUT2D eigenvalue weighted by molar-refractivity contribution is 5.88. The van der Waals surface area contributed by atoms with Crippen molar-refractivity contribution in [2.24, 2.45) is 5.73 Å². The molecule has 0 radical (unpaired) electrons. The highest BCUT2D eigenvalue weighted by Crippen LogP contribution is 2.10. The molecule has 0 bridgehead atoms. The van der Waals surface area contributed by atoms with Gasteiger partial charge >= 0.3 is 0 Å². The van der Waals surface area contributed by atoms with Gasteiger partial charge in [0.05, 0.1) is 6.54 Å². The van der Waals surface area contributed by atoms with Crippen molar-refractivity contribution in [1.82, 2.24) is 15.1 Å². The van der Waals surface area contributed by atoms with Crippen molar-refractivity contribution >= 4 is 24.2 Å². The van der Waals surface area contributed by atoms with E-state index in [1.54, 1.807) is 6.92 Å². The van der Waals surface area contributed by atoms with Crippen molar-refractivity contribution in [2.45, 2.75) is 51.1 Å². The van der Waals surface area contributed by atoms with E-state index in [-0.39, 0.29) is 30.3 Å². The molecule has 2 saturated heterocycles. The molecule has 1 unspecified atom stereocenters. The average Bonchev–Trinajstić information content (AvgIpc) is 2.49. The van der Waals surface area contributed by atoms with Crippen LogP contribution in [0.1, 0.15) is 39.0 Å². The molecule has 0 aromatic heterocycles. The average molecular weight is 333 g/mol. The van der Waals surface area contributed by atoms with Crippen LogP contribution in [0, 0.1) is 0 Å². The summed E-state index contributed by atoms with van der Waals surface area (Å²) in [6.07, 6.45) is 5.22. The van der Waals surface area contributed by atoms with Gasteiger partial charge in [0.1, 0.15) is 6.04 Å². The number of carbonyl (C=O) groups is 2. The Morgan fingerprint density at radius 2 is 1.73 bits per heavy atom. The lowest BCUT2D eigenvalue weighted by molar-refractivity contribution is -0.137. The maximum Gasteiger partial charge on any atom is 0.244 e. The van der Waals surface area contributed by atoms with Crippen LogP contribution in [0.4, 0.5) is 0 Å². The molecular formula is C15H29ClN4O2. The first kappa shape index (κ1) is 19.2. The Morgan fingerprint density at radius 3 is 2.32 bits per heavy atom. The van der Waals surface area contributed by atoms with Crippen LogP contribution >= 0.6 is 12.4 Å². The van der Waals surface area contributed by atoms with E-state index in [0.29, 0.717) is 6.54 Å². The fourth-order valence-corrected chi connectivity index (χ4v) is 3.05. The normalized spacial score (nSPS) is 21.8. The Bertz CT molecular complexity index is 367. The van der Waals surface area contributed by atoms with E-state index in [0.717, 1.165) is 51.9 Å². The second-order valence-electron chi connectivity index (χ2n) is 6.29. The van der Waals surface area contributed by atoms with Crippen LogP contribution in [0.5, 0.6) is 0 Å². The highest BCUT2D eigenvalue weighted by atomic mass is 35.5. The number of rotatable bonds is 4. The molecule has 128 valence electrons. The maximum atomic E-state index is 12.2. The molecule has 2 rings (SSSR count). The molecule has 0 spiro atoms. The third-order valence-electron chi connectivity index (χ3n) is 4.42. The number of carbonyl (C=O) groups excluding carboxylic acids is 2. The quantitative estimate of drug-likeness (QED) is 0.778. The number of halogens is 1. The van der Waals surface area contributed by atoms with E-state index < -0.39 is 6.04 Å². The standard InChI is InChI=1S/C15H28N4O2.ClH/c1-12(15(21)19-7-3-2-4-8-19)17-14(20)11-18-9-5-13(16)6-10-18;/h12-13H,2-11,16H2,1H3,(H,17,20);1H. The molecule has 2 aliphatic rings. The van der Waals surface area contributed by atoms with Crippen LogP contribution < -0.4 is 11.1 Å². The number of nitrogens with zero attached hydrogens (tertiary/aromatic N) is 2. The Hall–Kier alpha value is -0.850. The van der Waals surface area contributed by atoms with Crippen molar-refractivity contribution in [2.75, 3.05) is 32.7 Å². The first-order valence-electron chi connectivity index (χ1n) is 8.12. The van der Waals surface area contributed by atoms with Crippen molar-refractivity contribution in [3.8, 4) is 0 Å². The molecule has 2 aliphatic heterocycles. The van der Waals surface area contributed by atoms with Crippen LogP contribution in [-0.4, -0.2) is 66.4 Å².